The Balaban J connectivity index is 3.30. The molecule has 0 aromatic carbocycles. The first-order valence-corrected chi connectivity index (χ1v) is 29.1. The molecule has 1 N–H and O–H groups in total. The van der Waals surface area contributed by atoms with Crippen molar-refractivity contribution in [3.8, 4) is 0 Å². The Hall–Kier alpha value is -1.10. The average molecular weight is 892 g/mol. The van der Waals surface area contributed by atoms with Crippen LogP contribution in [0.2, 0.25) is 0 Å². The molecule has 1 unspecified atom stereocenters. The number of carbonyl (C=O) groups is 2. The molecule has 0 aliphatic carbocycles. The molecule has 0 bridgehead atoms. The molecular weight excluding hydrogens is 777 g/mol. The van der Waals surface area contributed by atoms with E-state index in [2.05, 4.69) is 13.8 Å². The first-order valence-electron chi connectivity index (χ1n) is 29.1. The molecule has 0 aliphatic heterocycles. The van der Waals surface area contributed by atoms with Gasteiger partial charge < -0.3 is 14.6 Å². The summed E-state index contributed by atoms with van der Waals surface area (Å²) >= 11 is 0. The second-order valence-electron chi connectivity index (χ2n) is 20.1. The van der Waals surface area contributed by atoms with Gasteiger partial charge >= 0.3 is 11.9 Å². The molecule has 0 saturated carbocycles. The zero-order chi connectivity index (χ0) is 45.6. The van der Waals surface area contributed by atoms with Crippen molar-refractivity contribution in [1.29, 1.82) is 0 Å². The van der Waals surface area contributed by atoms with Gasteiger partial charge in [0.1, 0.15) is 6.61 Å². The highest BCUT2D eigenvalue weighted by Crippen LogP contribution is 2.18. The topological polar surface area (TPSA) is 72.8 Å². The highest BCUT2D eigenvalue weighted by Gasteiger charge is 2.16. The summed E-state index contributed by atoms with van der Waals surface area (Å²) in [4.78, 5) is 24.4. The van der Waals surface area contributed by atoms with Gasteiger partial charge in [-0.05, 0) is 12.8 Å². The SMILES string of the molecule is CCCCCCCCCCCCCCCCCCCCCCCCCCCCCCCCCCCCCCCCC(=O)OC(CO)COC(=O)CCCCCCCCCCCCC. The van der Waals surface area contributed by atoms with Crippen LogP contribution in [-0.2, 0) is 19.1 Å². The van der Waals surface area contributed by atoms with E-state index in [1.807, 2.05) is 0 Å². The van der Waals surface area contributed by atoms with Crippen molar-refractivity contribution in [2.24, 2.45) is 0 Å². The van der Waals surface area contributed by atoms with Crippen LogP contribution in [0.4, 0.5) is 0 Å². The van der Waals surface area contributed by atoms with Gasteiger partial charge in [0.25, 0.3) is 0 Å². The molecule has 0 aromatic rings. The van der Waals surface area contributed by atoms with E-state index in [0.29, 0.717) is 12.8 Å². The molecule has 63 heavy (non-hydrogen) atoms. The molecule has 376 valence electrons. The van der Waals surface area contributed by atoms with Crippen molar-refractivity contribution >= 4 is 11.9 Å². The summed E-state index contributed by atoms with van der Waals surface area (Å²) in [5.41, 5.74) is 0. The molecule has 0 rings (SSSR count). The Bertz CT molecular complexity index is 875. The highest BCUT2D eigenvalue weighted by molar-refractivity contribution is 5.70. The Morgan fingerprint density at radius 2 is 0.492 bits per heavy atom. The lowest BCUT2D eigenvalue weighted by Crippen LogP contribution is -2.28. The Kier molecular flexibility index (Phi) is 54.3. The van der Waals surface area contributed by atoms with Crippen molar-refractivity contribution in [1.82, 2.24) is 0 Å². The molecule has 0 radical (unpaired) electrons. The second-order valence-corrected chi connectivity index (χ2v) is 20.1. The third-order valence-corrected chi connectivity index (χ3v) is 13.7. The summed E-state index contributed by atoms with van der Waals surface area (Å²) in [6, 6.07) is 0. The number of unbranched alkanes of at least 4 members (excludes halogenated alkanes) is 47. The number of aliphatic hydroxyl groups is 1. The van der Waals surface area contributed by atoms with E-state index < -0.39 is 6.10 Å². The smallest absolute Gasteiger partial charge is 0.306 e. The first-order chi connectivity index (χ1) is 31.1. The number of ether oxygens (including phenoxy) is 2. The van der Waals surface area contributed by atoms with Gasteiger partial charge in [0.2, 0.25) is 0 Å². The average Bonchev–Trinajstić information content (AvgIpc) is 3.29. The van der Waals surface area contributed by atoms with Gasteiger partial charge in [-0.2, -0.15) is 0 Å². The van der Waals surface area contributed by atoms with E-state index in [1.165, 1.54) is 283 Å². The van der Waals surface area contributed by atoms with Crippen LogP contribution < -0.4 is 0 Å². The molecule has 0 aromatic heterocycles. The molecule has 0 aliphatic rings. The zero-order valence-electron chi connectivity index (χ0n) is 43.1. The fourth-order valence-corrected chi connectivity index (χ4v) is 9.27. The minimum absolute atomic E-state index is 0.0567. The molecule has 5 nitrogen and oxygen atoms in total. The molecule has 1 atom stereocenters. The standard InChI is InChI=1S/C58H114O5/c1-3-5-7-9-11-13-15-16-17-18-19-20-21-22-23-24-25-26-27-28-29-30-31-32-33-34-35-36-37-38-39-40-41-43-45-47-49-51-53-58(61)63-56(54-59)55-62-57(60)52-50-48-46-44-42-14-12-10-8-6-4-2/h56,59H,3-55H2,1-2H3. The fourth-order valence-electron chi connectivity index (χ4n) is 9.27. The van der Waals surface area contributed by atoms with Crippen LogP contribution >= 0.6 is 0 Å². The summed E-state index contributed by atoms with van der Waals surface area (Å²) < 4.78 is 10.7. The van der Waals surface area contributed by atoms with Crippen molar-refractivity contribution in [3.05, 3.63) is 0 Å². The number of aliphatic hydroxyl groups excluding tert-OH is 1. The minimum atomic E-state index is -0.762. The van der Waals surface area contributed by atoms with Crippen LogP contribution in [0, 0.1) is 0 Å². The van der Waals surface area contributed by atoms with E-state index in [4.69, 9.17) is 9.47 Å². The maximum atomic E-state index is 12.3. The van der Waals surface area contributed by atoms with Crippen molar-refractivity contribution < 1.29 is 24.2 Å². The van der Waals surface area contributed by atoms with Crippen molar-refractivity contribution in [2.75, 3.05) is 13.2 Å². The first kappa shape index (κ1) is 61.9. The molecule has 0 amide bonds. The number of rotatable bonds is 55. The number of esters is 2. The van der Waals surface area contributed by atoms with Gasteiger partial charge in [0.05, 0.1) is 6.61 Å². The largest absolute Gasteiger partial charge is 0.462 e. The van der Waals surface area contributed by atoms with Gasteiger partial charge in [-0.15, -0.1) is 0 Å². The zero-order valence-corrected chi connectivity index (χ0v) is 43.1. The quantitative estimate of drug-likeness (QED) is 0.0486. The number of carbonyl (C=O) groups excluding carboxylic acids is 2. The lowest BCUT2D eigenvalue weighted by Gasteiger charge is -2.15. The highest BCUT2D eigenvalue weighted by atomic mass is 16.6. The third-order valence-electron chi connectivity index (χ3n) is 13.7. The maximum absolute atomic E-state index is 12.3. The molecule has 0 saturated heterocycles. The maximum Gasteiger partial charge on any atom is 0.306 e. The van der Waals surface area contributed by atoms with Gasteiger partial charge in [-0.1, -0.05) is 316 Å². The van der Waals surface area contributed by atoms with Crippen LogP contribution in [0.25, 0.3) is 0 Å². The van der Waals surface area contributed by atoms with E-state index in [0.717, 1.165) is 32.1 Å². The van der Waals surface area contributed by atoms with E-state index in [9.17, 15) is 14.7 Å². The number of hydrogen-bond acceptors (Lipinski definition) is 5. The summed E-state index contributed by atoms with van der Waals surface area (Å²) in [7, 11) is 0. The fraction of sp³-hybridized carbons (Fsp3) is 0.966. The molecular formula is C58H114O5. The van der Waals surface area contributed by atoms with Crippen LogP contribution in [0.1, 0.15) is 341 Å². The van der Waals surface area contributed by atoms with Crippen LogP contribution in [0.3, 0.4) is 0 Å². The molecule has 5 heteroatoms. The van der Waals surface area contributed by atoms with E-state index >= 15 is 0 Å². The molecule has 0 heterocycles. The summed E-state index contributed by atoms with van der Waals surface area (Å²) in [5, 5.41) is 9.60. The third kappa shape index (κ3) is 53.4. The van der Waals surface area contributed by atoms with Gasteiger partial charge in [-0.3, -0.25) is 9.59 Å². The van der Waals surface area contributed by atoms with Crippen molar-refractivity contribution in [3.63, 3.8) is 0 Å². The molecule has 0 spiro atoms. The predicted molar refractivity (Wildman–Crippen MR) is 275 cm³/mol. The van der Waals surface area contributed by atoms with E-state index in [-0.39, 0.29) is 25.2 Å². The van der Waals surface area contributed by atoms with Crippen LogP contribution in [-0.4, -0.2) is 36.4 Å². The van der Waals surface area contributed by atoms with E-state index in [1.54, 1.807) is 0 Å². The summed E-state index contributed by atoms with van der Waals surface area (Å²) in [5.74, 6) is -0.570. The van der Waals surface area contributed by atoms with Crippen LogP contribution in [0.15, 0.2) is 0 Å². The Morgan fingerprint density at radius 3 is 0.698 bits per heavy atom. The Morgan fingerprint density at radius 1 is 0.302 bits per heavy atom. The Labute approximate surface area is 395 Å². The van der Waals surface area contributed by atoms with Crippen LogP contribution in [0.5, 0.6) is 0 Å². The summed E-state index contributed by atoms with van der Waals surface area (Å²) in [6.07, 6.45) is 66.9. The van der Waals surface area contributed by atoms with Gasteiger partial charge in [0, 0.05) is 12.8 Å². The summed E-state index contributed by atoms with van der Waals surface area (Å²) in [6.45, 7) is 4.18. The lowest BCUT2D eigenvalue weighted by molar-refractivity contribution is -0.161. The van der Waals surface area contributed by atoms with Gasteiger partial charge in [-0.25, -0.2) is 0 Å². The van der Waals surface area contributed by atoms with Crippen molar-refractivity contribution in [2.45, 2.75) is 347 Å². The molecule has 0 fully saturated rings. The van der Waals surface area contributed by atoms with Gasteiger partial charge in [0.15, 0.2) is 6.10 Å². The minimum Gasteiger partial charge on any atom is -0.462 e. The monoisotopic (exact) mass is 891 g/mol. The lowest BCUT2D eigenvalue weighted by atomic mass is 10.0. The predicted octanol–water partition coefficient (Wildman–Crippen LogP) is 19.4. The normalized spacial score (nSPS) is 12.0. The number of hydrogen-bond donors (Lipinski definition) is 1. The second kappa shape index (κ2) is 55.2.